The van der Waals surface area contributed by atoms with Crippen LogP contribution in [0.5, 0.6) is 0 Å². The molecule has 0 aliphatic rings. The number of imidazole rings is 1. The van der Waals surface area contributed by atoms with Gasteiger partial charge >= 0.3 is 0 Å². The van der Waals surface area contributed by atoms with E-state index in [1.54, 1.807) is 24.8 Å². The summed E-state index contributed by atoms with van der Waals surface area (Å²) in [4.78, 5) is 6.08. The van der Waals surface area contributed by atoms with Crippen molar-refractivity contribution in [3.8, 4) is 0 Å². The second-order valence-corrected chi connectivity index (χ2v) is 1.47. The lowest BCUT2D eigenvalue weighted by atomic mass is 10.8. The summed E-state index contributed by atoms with van der Waals surface area (Å²) in [5.74, 6) is 0. The molecule has 0 amide bonds. The molecule has 52 valence electrons. The van der Waals surface area contributed by atoms with Crippen molar-refractivity contribution in [3.05, 3.63) is 37.2 Å². The van der Waals surface area contributed by atoms with Crippen molar-refractivity contribution in [1.29, 1.82) is 0 Å². The van der Waals surface area contributed by atoms with Crippen molar-refractivity contribution < 1.29 is 1.37 Å². The fraction of sp³-hybridized carbons (Fsp3) is 0. The summed E-state index contributed by atoms with van der Waals surface area (Å²) in [5.41, 5.74) is 0. The molecule has 0 aromatic carbocycles. The number of aromatic amines is 2. The Labute approximate surface area is 59.7 Å². The van der Waals surface area contributed by atoms with Crippen molar-refractivity contribution >= 4 is 0 Å². The van der Waals surface area contributed by atoms with Gasteiger partial charge in [-0.2, -0.15) is 5.10 Å². The zero-order chi connectivity index (χ0) is 7.94. The molecule has 10 heavy (non-hydrogen) atoms. The van der Waals surface area contributed by atoms with Crippen LogP contribution in [0.15, 0.2) is 37.2 Å². The van der Waals surface area contributed by atoms with Crippen LogP contribution in [0.1, 0.15) is 1.37 Å². The Balaban J connectivity index is 0.000000112. The van der Waals surface area contributed by atoms with Crippen LogP contribution in [0.3, 0.4) is 0 Å². The van der Waals surface area contributed by atoms with E-state index in [-0.39, 0.29) is 6.30 Å². The van der Waals surface area contributed by atoms with Crippen molar-refractivity contribution in [2.75, 3.05) is 0 Å². The summed E-state index contributed by atoms with van der Waals surface area (Å²) < 4.78 is 6.71. The van der Waals surface area contributed by atoms with E-state index < -0.39 is 0 Å². The number of H-pyrrole nitrogens is 2. The van der Waals surface area contributed by atoms with Gasteiger partial charge in [-0.1, -0.05) is 0 Å². The normalized spacial score (nSPS) is 9.40. The zero-order valence-corrected chi connectivity index (χ0v) is 5.28. The molecule has 0 saturated carbocycles. The molecule has 0 fully saturated rings. The number of nitrogens with one attached hydrogen (secondary N) is 2. The molecule has 0 unspecified atom stereocenters. The molecule has 2 heterocycles. The first-order valence-electron chi connectivity index (χ1n) is 3.29. The third kappa shape index (κ3) is 2.66. The Morgan fingerprint density at radius 2 is 2.30 bits per heavy atom. The Morgan fingerprint density at radius 3 is 2.50 bits per heavy atom. The molecule has 0 saturated heterocycles. The molecule has 4 nitrogen and oxygen atoms in total. The van der Waals surface area contributed by atoms with Gasteiger partial charge in [0.25, 0.3) is 0 Å². The van der Waals surface area contributed by atoms with Crippen LogP contribution in [0.2, 0.25) is 0 Å². The Hall–Kier alpha value is -1.58. The van der Waals surface area contributed by atoms with E-state index in [1.165, 1.54) is 0 Å². The number of rotatable bonds is 0. The summed E-state index contributed by atoms with van der Waals surface area (Å²) in [5, 5.41) is 6.21. The second kappa shape index (κ2) is 4.31. The van der Waals surface area contributed by atoms with Gasteiger partial charge in [0.05, 0.1) is 6.30 Å². The molecule has 0 aliphatic heterocycles. The highest BCUT2D eigenvalue weighted by Gasteiger charge is 1.57. The smallest absolute Gasteiger partial charge is 0.104 e. The minimum atomic E-state index is 0.218. The van der Waals surface area contributed by atoms with E-state index in [2.05, 4.69) is 20.2 Å². The lowest BCUT2D eigenvalue weighted by molar-refractivity contribution is 1.09. The van der Waals surface area contributed by atoms with Crippen LogP contribution >= 0.6 is 0 Å². The van der Waals surface area contributed by atoms with Crippen molar-refractivity contribution in [2.45, 2.75) is 0 Å². The lowest BCUT2D eigenvalue weighted by Crippen LogP contribution is -1.53. The third-order valence-corrected chi connectivity index (χ3v) is 0.767. The molecule has 2 rings (SSSR count). The molecular weight excluding hydrogens is 128 g/mol. The van der Waals surface area contributed by atoms with Gasteiger partial charge in [-0.05, 0) is 6.07 Å². The Kier molecular flexibility index (Phi) is 2.25. The zero-order valence-electron chi connectivity index (χ0n) is 6.28. The van der Waals surface area contributed by atoms with Gasteiger partial charge in [-0.25, -0.2) is 4.98 Å². The maximum atomic E-state index is 6.71. The van der Waals surface area contributed by atoms with E-state index in [0.29, 0.717) is 0 Å². The van der Waals surface area contributed by atoms with Gasteiger partial charge in [0, 0.05) is 24.8 Å². The first-order valence-corrected chi connectivity index (χ1v) is 2.79. The standard InChI is InChI=1S/2C3H4N2/c1-2-5-3-4-1;1-2-4-5-3-1/h2*1-3H,(H,4,5)/i3D;. The van der Waals surface area contributed by atoms with E-state index >= 15 is 0 Å². The fourth-order valence-corrected chi connectivity index (χ4v) is 0.402. The summed E-state index contributed by atoms with van der Waals surface area (Å²) >= 11 is 0. The SMILES string of the molecule is [2H]c1ncc[nH]1.c1cn[nH]c1. The highest BCUT2D eigenvalue weighted by molar-refractivity contribution is 4.72. The van der Waals surface area contributed by atoms with Crippen molar-refractivity contribution in [1.82, 2.24) is 20.2 Å². The Morgan fingerprint density at radius 1 is 1.30 bits per heavy atom. The van der Waals surface area contributed by atoms with E-state index in [4.69, 9.17) is 1.37 Å². The fourth-order valence-electron chi connectivity index (χ4n) is 0.402. The monoisotopic (exact) mass is 137 g/mol. The number of hydrogen-bond acceptors (Lipinski definition) is 2. The molecule has 0 atom stereocenters. The maximum Gasteiger partial charge on any atom is 0.104 e. The predicted molar refractivity (Wildman–Crippen MR) is 37.2 cm³/mol. The maximum absolute atomic E-state index is 6.71. The van der Waals surface area contributed by atoms with E-state index in [9.17, 15) is 0 Å². The molecular formula is C6H8N4. The van der Waals surface area contributed by atoms with Crippen LogP contribution < -0.4 is 0 Å². The van der Waals surface area contributed by atoms with Gasteiger partial charge in [-0.3, -0.25) is 5.10 Å². The van der Waals surface area contributed by atoms with E-state index in [0.717, 1.165) is 0 Å². The minimum absolute atomic E-state index is 0.218. The van der Waals surface area contributed by atoms with Gasteiger partial charge in [0.1, 0.15) is 1.37 Å². The van der Waals surface area contributed by atoms with Gasteiger partial charge in [0.2, 0.25) is 0 Å². The highest BCUT2D eigenvalue weighted by Crippen LogP contribution is 1.64. The summed E-state index contributed by atoms with van der Waals surface area (Å²) in [6, 6.07) is 1.83. The molecule has 0 bridgehead atoms. The van der Waals surface area contributed by atoms with Crippen molar-refractivity contribution in [2.24, 2.45) is 0 Å². The minimum Gasteiger partial charge on any atom is -0.351 e. The summed E-state index contributed by atoms with van der Waals surface area (Å²) in [7, 11) is 0. The second-order valence-electron chi connectivity index (χ2n) is 1.47. The molecule has 2 aromatic heterocycles. The molecule has 0 aliphatic carbocycles. The molecule has 2 aromatic rings. The van der Waals surface area contributed by atoms with Crippen LogP contribution in [0.4, 0.5) is 0 Å². The van der Waals surface area contributed by atoms with Gasteiger partial charge < -0.3 is 4.98 Å². The highest BCUT2D eigenvalue weighted by atomic mass is 15.1. The van der Waals surface area contributed by atoms with Crippen LogP contribution in [-0.4, -0.2) is 20.2 Å². The topological polar surface area (TPSA) is 57.4 Å². The van der Waals surface area contributed by atoms with E-state index in [1.807, 2.05) is 6.07 Å². The molecule has 2 N–H and O–H groups in total. The first-order chi connectivity index (χ1) is 5.39. The van der Waals surface area contributed by atoms with Crippen LogP contribution in [0, 0.1) is 0 Å². The predicted octanol–water partition coefficient (Wildman–Crippen LogP) is 0.819. The van der Waals surface area contributed by atoms with Crippen LogP contribution in [-0.2, 0) is 0 Å². The van der Waals surface area contributed by atoms with Gasteiger partial charge in [0.15, 0.2) is 0 Å². The molecule has 0 radical (unpaired) electrons. The average Bonchev–Trinajstić information content (AvgIpc) is 2.57. The van der Waals surface area contributed by atoms with Gasteiger partial charge in [-0.15, -0.1) is 0 Å². The van der Waals surface area contributed by atoms with Crippen molar-refractivity contribution in [3.63, 3.8) is 0 Å². The number of nitrogens with zero attached hydrogens (tertiary/aromatic N) is 2. The Bertz CT molecular complexity index is 233. The molecule has 4 heteroatoms. The summed E-state index contributed by atoms with van der Waals surface area (Å²) in [6.07, 6.45) is 6.83. The lowest BCUT2D eigenvalue weighted by Gasteiger charge is -1.49. The average molecular weight is 137 g/mol. The number of hydrogen-bond donors (Lipinski definition) is 2. The molecule has 0 spiro atoms. The third-order valence-electron chi connectivity index (χ3n) is 0.767. The van der Waals surface area contributed by atoms with Crippen LogP contribution in [0.25, 0.3) is 0 Å². The largest absolute Gasteiger partial charge is 0.351 e. The quantitative estimate of drug-likeness (QED) is 0.564. The first kappa shape index (κ1) is 5.22. The number of aromatic nitrogens is 4. The summed E-state index contributed by atoms with van der Waals surface area (Å²) in [6.45, 7) is 0.